The van der Waals surface area contributed by atoms with Gasteiger partial charge in [0, 0.05) is 12.4 Å². The van der Waals surface area contributed by atoms with Gasteiger partial charge in [0.25, 0.3) is 0 Å². The zero-order valence-electron chi connectivity index (χ0n) is 6.38. The predicted molar refractivity (Wildman–Crippen MR) is 45.2 cm³/mol. The van der Waals surface area contributed by atoms with Crippen molar-refractivity contribution in [3.8, 4) is 0 Å². The van der Waals surface area contributed by atoms with Gasteiger partial charge < -0.3 is 5.73 Å². The highest BCUT2D eigenvalue weighted by Crippen LogP contribution is 2.27. The molecule has 0 amide bonds. The Kier molecular flexibility index (Phi) is 4.28. The number of hydrogen-bond acceptors (Lipinski definition) is 3. The zero-order valence-corrected chi connectivity index (χ0v) is 8.09. The summed E-state index contributed by atoms with van der Waals surface area (Å²) in [4.78, 5) is 6.82. The topological polar surface area (TPSA) is 51.8 Å². The van der Waals surface area contributed by atoms with Gasteiger partial charge in [-0.05, 0) is 0 Å². The second kappa shape index (κ2) is 4.52. The molecule has 3 nitrogen and oxygen atoms in total. The summed E-state index contributed by atoms with van der Waals surface area (Å²) in [5.74, 6) is 0.197. The highest BCUT2D eigenvalue weighted by atomic mass is 79.9. The Morgan fingerprint density at radius 3 is 2.00 bits per heavy atom. The predicted octanol–water partition coefficient (Wildman–Crippen LogP) is 1.53. The van der Waals surface area contributed by atoms with E-state index in [-0.39, 0.29) is 29.4 Å². The van der Waals surface area contributed by atoms with Crippen LogP contribution in [0.15, 0.2) is 12.4 Å². The molecule has 1 rings (SSSR count). The molecule has 1 aromatic rings. The van der Waals surface area contributed by atoms with Crippen molar-refractivity contribution in [1.82, 2.24) is 9.97 Å². The molecule has 0 aliphatic carbocycles. The second-order valence-electron chi connectivity index (χ2n) is 2.09. The molecule has 74 valence electrons. The summed E-state index contributed by atoms with van der Waals surface area (Å²) in [6.45, 7) is 0.0398. The van der Waals surface area contributed by atoms with E-state index in [1.165, 1.54) is 0 Å². The van der Waals surface area contributed by atoms with E-state index < -0.39 is 11.7 Å². The summed E-state index contributed by atoms with van der Waals surface area (Å²) < 4.78 is 35.7. The van der Waals surface area contributed by atoms with Crippen LogP contribution in [0.25, 0.3) is 0 Å². The smallest absolute Gasteiger partial charge is 0.324 e. The molecule has 0 unspecified atom stereocenters. The summed E-state index contributed by atoms with van der Waals surface area (Å²) in [6.07, 6.45) is -2.95. The van der Waals surface area contributed by atoms with E-state index in [9.17, 15) is 13.2 Å². The zero-order chi connectivity index (χ0) is 9.19. The van der Waals surface area contributed by atoms with Crippen molar-refractivity contribution in [2.45, 2.75) is 12.7 Å². The standard InChI is InChI=1S/C6H6F3N3.BrH/c7-6(8,9)4-2-11-5(1-10)12-3-4;/h2-3H,1,10H2;1H. The van der Waals surface area contributed by atoms with Gasteiger partial charge in [-0.2, -0.15) is 13.2 Å². The molecule has 0 saturated heterocycles. The van der Waals surface area contributed by atoms with Crippen molar-refractivity contribution in [3.63, 3.8) is 0 Å². The Morgan fingerprint density at radius 1 is 1.23 bits per heavy atom. The van der Waals surface area contributed by atoms with E-state index in [0.29, 0.717) is 0 Å². The third-order valence-electron chi connectivity index (χ3n) is 1.22. The van der Waals surface area contributed by atoms with Crippen LogP contribution in [0.5, 0.6) is 0 Å². The van der Waals surface area contributed by atoms with Crippen LogP contribution in [-0.2, 0) is 12.7 Å². The normalized spacial score (nSPS) is 10.8. The van der Waals surface area contributed by atoms with Gasteiger partial charge in [0.1, 0.15) is 5.82 Å². The number of nitrogens with two attached hydrogens (primary N) is 1. The van der Waals surface area contributed by atoms with Crippen LogP contribution in [0.2, 0.25) is 0 Å². The minimum Gasteiger partial charge on any atom is -0.324 e. The van der Waals surface area contributed by atoms with Crippen LogP contribution >= 0.6 is 17.0 Å². The van der Waals surface area contributed by atoms with E-state index in [1.807, 2.05) is 0 Å². The highest BCUT2D eigenvalue weighted by molar-refractivity contribution is 8.93. The van der Waals surface area contributed by atoms with Gasteiger partial charge in [-0.3, -0.25) is 0 Å². The van der Waals surface area contributed by atoms with Crippen molar-refractivity contribution < 1.29 is 13.2 Å². The molecule has 1 aromatic heterocycles. The van der Waals surface area contributed by atoms with Crippen molar-refractivity contribution in [1.29, 1.82) is 0 Å². The molecule has 0 saturated carbocycles. The largest absolute Gasteiger partial charge is 0.419 e. The minimum atomic E-state index is -4.38. The molecule has 0 aliphatic rings. The fraction of sp³-hybridized carbons (Fsp3) is 0.333. The van der Waals surface area contributed by atoms with E-state index >= 15 is 0 Å². The first-order valence-corrected chi connectivity index (χ1v) is 3.12. The summed E-state index contributed by atoms with van der Waals surface area (Å²) in [5.41, 5.74) is 4.24. The number of aromatic nitrogens is 2. The molecule has 7 heteroatoms. The van der Waals surface area contributed by atoms with Gasteiger partial charge in [0.05, 0.1) is 12.1 Å². The molecule has 13 heavy (non-hydrogen) atoms. The molecule has 0 radical (unpaired) electrons. The lowest BCUT2D eigenvalue weighted by Gasteiger charge is -2.04. The molecule has 0 bridgehead atoms. The number of halogens is 4. The van der Waals surface area contributed by atoms with E-state index in [4.69, 9.17) is 5.73 Å². The fourth-order valence-electron chi connectivity index (χ4n) is 0.607. The summed E-state index contributed by atoms with van der Waals surface area (Å²) in [6, 6.07) is 0. The number of hydrogen-bond donors (Lipinski definition) is 1. The molecule has 2 N–H and O–H groups in total. The van der Waals surface area contributed by atoms with Crippen LogP contribution in [-0.4, -0.2) is 9.97 Å². The molecule has 0 aromatic carbocycles. The number of nitrogens with zero attached hydrogens (tertiary/aromatic N) is 2. The maximum atomic E-state index is 11.9. The quantitative estimate of drug-likeness (QED) is 0.831. The third kappa shape index (κ3) is 3.27. The summed E-state index contributed by atoms with van der Waals surface area (Å²) >= 11 is 0. The Balaban J connectivity index is 0.00000144. The molecular formula is C6H7BrF3N3. The third-order valence-corrected chi connectivity index (χ3v) is 1.22. The molecule has 0 fully saturated rings. The van der Waals surface area contributed by atoms with E-state index in [2.05, 4.69) is 9.97 Å². The van der Waals surface area contributed by atoms with Gasteiger partial charge in [-0.15, -0.1) is 17.0 Å². The van der Waals surface area contributed by atoms with Gasteiger partial charge >= 0.3 is 6.18 Å². The minimum absolute atomic E-state index is 0. The van der Waals surface area contributed by atoms with Crippen molar-refractivity contribution in [2.24, 2.45) is 5.73 Å². The van der Waals surface area contributed by atoms with Gasteiger partial charge in [-0.25, -0.2) is 9.97 Å². The first-order valence-electron chi connectivity index (χ1n) is 3.12. The molecule has 0 spiro atoms. The maximum absolute atomic E-state index is 11.9. The van der Waals surface area contributed by atoms with Gasteiger partial charge in [0.2, 0.25) is 0 Å². The second-order valence-corrected chi connectivity index (χ2v) is 2.09. The van der Waals surface area contributed by atoms with Crippen LogP contribution in [0.3, 0.4) is 0 Å². The monoisotopic (exact) mass is 257 g/mol. The molecular weight excluding hydrogens is 251 g/mol. The number of alkyl halides is 3. The van der Waals surface area contributed by atoms with E-state index in [1.54, 1.807) is 0 Å². The van der Waals surface area contributed by atoms with Crippen molar-refractivity contribution in [3.05, 3.63) is 23.8 Å². The average Bonchev–Trinajstić information content (AvgIpc) is 2.03. The maximum Gasteiger partial charge on any atom is 0.419 e. The lowest BCUT2D eigenvalue weighted by atomic mass is 10.3. The van der Waals surface area contributed by atoms with Gasteiger partial charge in [-0.1, -0.05) is 0 Å². The molecule has 0 atom stereocenters. The van der Waals surface area contributed by atoms with Gasteiger partial charge in [0.15, 0.2) is 0 Å². The molecule has 0 aliphatic heterocycles. The Morgan fingerprint density at radius 2 is 1.69 bits per heavy atom. The van der Waals surface area contributed by atoms with E-state index in [0.717, 1.165) is 12.4 Å². The Hall–Kier alpha value is -0.690. The van der Waals surface area contributed by atoms with Crippen LogP contribution in [0.1, 0.15) is 11.4 Å². The van der Waals surface area contributed by atoms with Crippen LogP contribution in [0, 0.1) is 0 Å². The Labute approximate surface area is 82.9 Å². The first kappa shape index (κ1) is 12.3. The summed E-state index contributed by atoms with van der Waals surface area (Å²) in [7, 11) is 0. The van der Waals surface area contributed by atoms with Crippen LogP contribution < -0.4 is 5.73 Å². The average molecular weight is 258 g/mol. The Bertz CT molecular complexity index is 259. The first-order chi connectivity index (χ1) is 5.54. The lowest BCUT2D eigenvalue weighted by molar-refractivity contribution is -0.138. The summed E-state index contributed by atoms with van der Waals surface area (Å²) in [5, 5.41) is 0. The molecule has 1 heterocycles. The number of rotatable bonds is 1. The lowest BCUT2D eigenvalue weighted by Crippen LogP contribution is -2.09. The van der Waals surface area contributed by atoms with Crippen molar-refractivity contribution in [2.75, 3.05) is 0 Å². The fourth-order valence-corrected chi connectivity index (χ4v) is 0.607. The SMILES string of the molecule is Br.NCc1ncc(C(F)(F)F)cn1. The highest BCUT2D eigenvalue weighted by Gasteiger charge is 2.31. The van der Waals surface area contributed by atoms with Crippen LogP contribution in [0.4, 0.5) is 13.2 Å². The van der Waals surface area contributed by atoms with Crippen molar-refractivity contribution >= 4 is 17.0 Å².